The van der Waals surface area contributed by atoms with Crippen LogP contribution in [0.15, 0.2) is 42.7 Å². The van der Waals surface area contributed by atoms with Gasteiger partial charge in [-0.05, 0) is 82.8 Å². The van der Waals surface area contributed by atoms with E-state index in [4.69, 9.17) is 19.8 Å². The average molecular weight is 805 g/mol. The number of rotatable bonds is 10. The first-order valence-corrected chi connectivity index (χ1v) is 21.0. The Kier molecular flexibility index (Phi) is 10.7. The zero-order valence-corrected chi connectivity index (χ0v) is 34.0. The van der Waals surface area contributed by atoms with Crippen LogP contribution in [0, 0.1) is 0 Å². The number of ether oxygens (including phenoxy) is 1. The molecule has 310 valence electrons. The Hall–Kier alpha value is -5.52. The number of nitrogens with one attached hydrogen (secondary N) is 2. The summed E-state index contributed by atoms with van der Waals surface area (Å²) in [5.74, 6) is 1.16. The minimum Gasteiger partial charge on any atom is -0.381 e. The first kappa shape index (κ1) is 39.0. The molecule has 4 aromatic rings. The SMILES string of the molecule is COC1CCN(c2nccc(Nc3cc4c(cn3)c(N3CCN(C5CCN(Cc6ccc7c(c6)C(=O)N(C6CCC(=O)NC6=O)C7=O)CC5)CC3)nn4C(C)C)n2)CC1. The first-order chi connectivity index (χ1) is 28.6. The summed E-state index contributed by atoms with van der Waals surface area (Å²) in [4.78, 5) is 75.4. The summed E-state index contributed by atoms with van der Waals surface area (Å²) in [5.41, 5.74) is 2.63. The van der Waals surface area contributed by atoms with Gasteiger partial charge in [-0.1, -0.05) is 6.07 Å². The van der Waals surface area contributed by atoms with E-state index >= 15 is 0 Å². The largest absolute Gasteiger partial charge is 0.381 e. The third kappa shape index (κ3) is 7.74. The number of piperazine rings is 1. The molecule has 5 aliphatic rings. The molecule has 1 unspecified atom stereocenters. The normalized spacial score (nSPS) is 21.6. The van der Waals surface area contributed by atoms with Gasteiger partial charge < -0.3 is 19.9 Å². The lowest BCUT2D eigenvalue weighted by atomic mass is 10.0. The Balaban J connectivity index is 0.792. The van der Waals surface area contributed by atoms with Gasteiger partial charge in [0.25, 0.3) is 11.8 Å². The molecule has 0 radical (unpaired) electrons. The highest BCUT2D eigenvalue weighted by molar-refractivity contribution is 6.23. The maximum Gasteiger partial charge on any atom is 0.262 e. The lowest BCUT2D eigenvalue weighted by Crippen LogP contribution is -2.54. The van der Waals surface area contributed by atoms with E-state index in [1.165, 1.54) is 0 Å². The number of carbonyl (C=O) groups excluding carboxylic acids is 4. The van der Waals surface area contributed by atoms with Crippen LogP contribution in [0.3, 0.4) is 0 Å². The van der Waals surface area contributed by atoms with Crippen molar-refractivity contribution in [3.63, 3.8) is 0 Å². The second-order valence-electron chi connectivity index (χ2n) is 16.6. The Morgan fingerprint density at radius 1 is 0.831 bits per heavy atom. The maximum absolute atomic E-state index is 13.3. The molecule has 0 spiro atoms. The van der Waals surface area contributed by atoms with E-state index in [9.17, 15) is 19.2 Å². The molecule has 0 saturated carbocycles. The highest BCUT2D eigenvalue weighted by Crippen LogP contribution is 2.33. The maximum atomic E-state index is 13.3. The molecule has 8 heterocycles. The number of aromatic nitrogens is 5. The van der Waals surface area contributed by atoms with Crippen molar-refractivity contribution in [2.75, 3.05) is 74.6 Å². The number of pyridine rings is 1. The molecule has 59 heavy (non-hydrogen) atoms. The van der Waals surface area contributed by atoms with Gasteiger partial charge >= 0.3 is 0 Å². The van der Waals surface area contributed by atoms with Crippen LogP contribution < -0.4 is 20.4 Å². The molecule has 4 amide bonds. The molecule has 5 aliphatic heterocycles. The number of hydrogen-bond donors (Lipinski definition) is 2. The van der Waals surface area contributed by atoms with Gasteiger partial charge in [-0.2, -0.15) is 10.1 Å². The van der Waals surface area contributed by atoms with Gasteiger partial charge in [0.2, 0.25) is 17.8 Å². The van der Waals surface area contributed by atoms with Gasteiger partial charge in [-0.25, -0.2) is 9.97 Å². The van der Waals surface area contributed by atoms with Crippen LogP contribution in [0.1, 0.15) is 84.7 Å². The molecule has 3 aromatic heterocycles. The van der Waals surface area contributed by atoms with Gasteiger partial charge in [0.15, 0.2) is 5.82 Å². The molecule has 4 saturated heterocycles. The van der Waals surface area contributed by atoms with Crippen LogP contribution in [0.25, 0.3) is 10.9 Å². The summed E-state index contributed by atoms with van der Waals surface area (Å²) in [6.07, 6.45) is 8.28. The van der Waals surface area contributed by atoms with E-state index in [1.807, 2.05) is 18.3 Å². The highest BCUT2D eigenvalue weighted by Gasteiger charge is 2.44. The minimum atomic E-state index is -0.963. The van der Waals surface area contributed by atoms with E-state index < -0.39 is 23.8 Å². The van der Waals surface area contributed by atoms with Crippen molar-refractivity contribution in [3.8, 4) is 0 Å². The summed E-state index contributed by atoms with van der Waals surface area (Å²) < 4.78 is 7.62. The smallest absolute Gasteiger partial charge is 0.262 e. The lowest BCUT2D eigenvalue weighted by molar-refractivity contribution is -0.136. The van der Waals surface area contributed by atoms with E-state index in [0.717, 1.165) is 105 Å². The number of imide groups is 2. The molecule has 0 bridgehead atoms. The fourth-order valence-corrected chi connectivity index (χ4v) is 9.32. The van der Waals surface area contributed by atoms with Crippen LogP contribution in [0.4, 0.5) is 23.4 Å². The molecule has 17 nitrogen and oxygen atoms in total. The van der Waals surface area contributed by atoms with Gasteiger partial charge in [-0.15, -0.1) is 0 Å². The van der Waals surface area contributed by atoms with Gasteiger partial charge in [0.05, 0.1) is 28.1 Å². The standard InChI is InChI=1S/C42H52N12O5/c1-26(2)54-34-23-36(45-35-8-13-43-42(46-35)52-16-11-29(59-3)12-17-52)44-24-32(34)38(48-54)51-20-18-50(19-21-51)28-9-14-49(15-10-28)25-27-4-5-30-31(22-27)41(58)53(40(30)57)33-6-7-37(55)47-39(33)56/h4-5,8,13,22-24,26,28-29,33H,6-7,9-12,14-21,25H2,1-3H3,(H,47,55,56)(H,43,44,45,46). The first-order valence-electron chi connectivity index (χ1n) is 21.0. The number of likely N-dealkylation sites (tertiary alicyclic amines) is 1. The third-order valence-electron chi connectivity index (χ3n) is 12.6. The number of nitrogens with zero attached hydrogens (tertiary/aromatic N) is 10. The zero-order valence-electron chi connectivity index (χ0n) is 34.0. The summed E-state index contributed by atoms with van der Waals surface area (Å²) in [7, 11) is 1.77. The Morgan fingerprint density at radius 3 is 2.32 bits per heavy atom. The number of amides is 4. The Morgan fingerprint density at radius 2 is 1.59 bits per heavy atom. The quantitative estimate of drug-likeness (QED) is 0.224. The predicted octanol–water partition coefficient (Wildman–Crippen LogP) is 3.35. The van der Waals surface area contributed by atoms with Crippen molar-refractivity contribution in [1.82, 2.24) is 44.7 Å². The molecule has 17 heteroatoms. The minimum absolute atomic E-state index is 0.0996. The Labute approximate surface area is 343 Å². The molecule has 1 atom stereocenters. The summed E-state index contributed by atoms with van der Waals surface area (Å²) in [6, 6.07) is 9.04. The van der Waals surface area contributed by atoms with E-state index in [0.29, 0.717) is 47.4 Å². The third-order valence-corrected chi connectivity index (χ3v) is 12.6. The second kappa shape index (κ2) is 16.3. The van der Waals surface area contributed by atoms with Crippen molar-refractivity contribution < 1.29 is 23.9 Å². The van der Waals surface area contributed by atoms with Crippen LogP contribution in [0.2, 0.25) is 0 Å². The number of carbonyl (C=O) groups is 4. The number of fused-ring (bicyclic) bond motifs is 2. The van der Waals surface area contributed by atoms with Crippen LogP contribution in [-0.4, -0.2) is 141 Å². The van der Waals surface area contributed by atoms with Crippen LogP contribution in [0.5, 0.6) is 0 Å². The number of benzene rings is 1. The fraction of sp³-hybridized carbons (Fsp3) is 0.524. The number of methoxy groups -OCH3 is 1. The fourth-order valence-electron chi connectivity index (χ4n) is 9.32. The van der Waals surface area contributed by atoms with Crippen LogP contribution >= 0.6 is 0 Å². The molecular weight excluding hydrogens is 753 g/mol. The van der Waals surface area contributed by atoms with Crippen molar-refractivity contribution in [3.05, 3.63) is 59.4 Å². The number of hydrogen-bond acceptors (Lipinski definition) is 14. The van der Waals surface area contributed by atoms with E-state index in [-0.39, 0.29) is 24.8 Å². The summed E-state index contributed by atoms with van der Waals surface area (Å²) in [5, 5.41) is 11.8. The van der Waals surface area contributed by atoms with Gasteiger partial charge in [0, 0.05) is 89.9 Å². The average Bonchev–Trinajstić information content (AvgIpc) is 3.75. The predicted molar refractivity (Wildman–Crippen MR) is 221 cm³/mol. The molecule has 4 fully saturated rings. The monoisotopic (exact) mass is 804 g/mol. The van der Waals surface area contributed by atoms with Crippen LogP contribution in [-0.2, 0) is 20.9 Å². The van der Waals surface area contributed by atoms with Gasteiger partial charge in [-0.3, -0.25) is 43.9 Å². The Bertz CT molecular complexity index is 2260. The lowest BCUT2D eigenvalue weighted by Gasteiger charge is -2.43. The van der Waals surface area contributed by atoms with Crippen molar-refractivity contribution in [2.24, 2.45) is 0 Å². The van der Waals surface area contributed by atoms with E-state index in [2.05, 4.69) is 59.8 Å². The molecule has 0 aliphatic carbocycles. The highest BCUT2D eigenvalue weighted by atomic mass is 16.5. The van der Waals surface area contributed by atoms with Crippen molar-refractivity contribution in [2.45, 2.75) is 83.1 Å². The summed E-state index contributed by atoms with van der Waals surface area (Å²) in [6.45, 7) is 12.3. The van der Waals surface area contributed by atoms with Crippen molar-refractivity contribution >= 4 is 57.9 Å². The molecule has 9 rings (SSSR count). The molecular formula is C42H52N12O5. The van der Waals surface area contributed by atoms with Crippen molar-refractivity contribution in [1.29, 1.82) is 0 Å². The zero-order chi connectivity index (χ0) is 40.8. The van der Waals surface area contributed by atoms with E-state index in [1.54, 1.807) is 25.4 Å². The van der Waals surface area contributed by atoms with Gasteiger partial charge in [0.1, 0.15) is 17.7 Å². The number of anilines is 4. The molecule has 1 aromatic carbocycles. The second-order valence-corrected chi connectivity index (χ2v) is 16.6. The topological polar surface area (TPSA) is 174 Å². The molecule has 2 N–H and O–H groups in total. The summed E-state index contributed by atoms with van der Waals surface area (Å²) >= 11 is 0. The number of piperidine rings is 3.